The van der Waals surface area contributed by atoms with Gasteiger partial charge in [-0.1, -0.05) is 12.1 Å². The highest BCUT2D eigenvalue weighted by Gasteiger charge is 2.09. The lowest BCUT2D eigenvalue weighted by atomic mass is 10.2. The summed E-state index contributed by atoms with van der Waals surface area (Å²) in [7, 11) is 0. The van der Waals surface area contributed by atoms with Crippen LogP contribution in [0.3, 0.4) is 0 Å². The molecule has 0 bridgehead atoms. The fraction of sp³-hybridized carbons (Fsp3) is 0.118. The number of nitrogens with zero attached hydrogens (tertiary/aromatic N) is 2. The second kappa shape index (κ2) is 6.82. The largest absolute Gasteiger partial charge is 0.465 e. The van der Waals surface area contributed by atoms with Crippen LogP contribution in [0.15, 0.2) is 57.9 Å². The van der Waals surface area contributed by atoms with Gasteiger partial charge in [0.1, 0.15) is 5.76 Å². The van der Waals surface area contributed by atoms with Crippen LogP contribution in [-0.4, -0.2) is 15.5 Å². The molecule has 0 atom stereocenters. The predicted octanol–water partition coefficient (Wildman–Crippen LogP) is 2.17. The lowest BCUT2D eigenvalue weighted by Crippen LogP contribution is -2.33. The van der Waals surface area contributed by atoms with E-state index < -0.39 is 5.91 Å². The molecule has 0 spiro atoms. The van der Waals surface area contributed by atoms with Gasteiger partial charge in [0.25, 0.3) is 11.5 Å². The number of nitrogens with one attached hydrogen (secondary N) is 2. The summed E-state index contributed by atoms with van der Waals surface area (Å²) in [5.41, 5.74) is 5.59. The molecule has 3 rings (SSSR count). The van der Waals surface area contributed by atoms with Gasteiger partial charge in [-0.15, -0.1) is 0 Å². The number of amides is 1. The van der Waals surface area contributed by atoms with Gasteiger partial charge in [-0.2, -0.15) is 0 Å². The second-order valence-electron chi connectivity index (χ2n) is 4.96. The molecule has 0 radical (unpaired) electrons. The van der Waals surface area contributed by atoms with Crippen molar-refractivity contribution in [2.75, 3.05) is 5.43 Å². The van der Waals surface area contributed by atoms with Crippen LogP contribution in [0.25, 0.3) is 17.0 Å². The number of aromatic nitrogens is 2. The fourth-order valence-electron chi connectivity index (χ4n) is 2.26. The molecule has 0 saturated carbocycles. The molecule has 0 unspecified atom stereocenters. The molecule has 7 heteroatoms. The van der Waals surface area contributed by atoms with Gasteiger partial charge >= 0.3 is 0 Å². The summed E-state index contributed by atoms with van der Waals surface area (Å²) in [5.74, 6) is 0.455. The molecule has 0 fully saturated rings. The SMILES string of the molecule is CCn1c(NNC(=O)/C=C/c2ccco2)nc2ccccc2c1=O. The molecule has 7 nitrogen and oxygen atoms in total. The van der Waals surface area contributed by atoms with Gasteiger partial charge in [-0.25, -0.2) is 4.98 Å². The molecule has 122 valence electrons. The summed E-state index contributed by atoms with van der Waals surface area (Å²) in [4.78, 5) is 28.7. The Hall–Kier alpha value is -3.35. The normalized spacial score (nSPS) is 11.0. The van der Waals surface area contributed by atoms with Crippen LogP contribution in [0.2, 0.25) is 0 Å². The van der Waals surface area contributed by atoms with Crippen molar-refractivity contribution >= 4 is 28.8 Å². The lowest BCUT2D eigenvalue weighted by molar-refractivity contribution is -0.116. The minimum atomic E-state index is -0.392. The lowest BCUT2D eigenvalue weighted by Gasteiger charge is -2.13. The number of anilines is 1. The Balaban J connectivity index is 1.79. The van der Waals surface area contributed by atoms with Crippen molar-refractivity contribution in [3.8, 4) is 0 Å². The molecular weight excluding hydrogens is 308 g/mol. The van der Waals surface area contributed by atoms with Crippen molar-refractivity contribution in [1.82, 2.24) is 15.0 Å². The van der Waals surface area contributed by atoms with Crippen LogP contribution >= 0.6 is 0 Å². The summed E-state index contributed by atoms with van der Waals surface area (Å²) >= 11 is 0. The average molecular weight is 324 g/mol. The monoisotopic (exact) mass is 324 g/mol. The van der Waals surface area contributed by atoms with E-state index in [0.717, 1.165) is 0 Å². The first-order valence-electron chi connectivity index (χ1n) is 7.46. The smallest absolute Gasteiger partial charge is 0.262 e. The first-order valence-corrected chi connectivity index (χ1v) is 7.46. The summed E-state index contributed by atoms with van der Waals surface area (Å²) in [6.45, 7) is 2.26. The highest BCUT2D eigenvalue weighted by Crippen LogP contribution is 2.10. The zero-order chi connectivity index (χ0) is 16.9. The Bertz CT molecular complexity index is 942. The Morgan fingerprint density at radius 3 is 2.88 bits per heavy atom. The number of carbonyl (C=O) groups is 1. The number of hydrogen-bond donors (Lipinski definition) is 2. The molecule has 3 aromatic rings. The molecule has 1 aromatic carbocycles. The van der Waals surface area contributed by atoms with E-state index in [-0.39, 0.29) is 11.5 Å². The van der Waals surface area contributed by atoms with Gasteiger partial charge < -0.3 is 4.42 Å². The predicted molar refractivity (Wildman–Crippen MR) is 91.2 cm³/mol. The average Bonchev–Trinajstić information content (AvgIpc) is 3.12. The Morgan fingerprint density at radius 2 is 2.12 bits per heavy atom. The molecule has 0 aliphatic heterocycles. The van der Waals surface area contributed by atoms with Crippen molar-refractivity contribution in [1.29, 1.82) is 0 Å². The van der Waals surface area contributed by atoms with Gasteiger partial charge in [-0.3, -0.25) is 25.0 Å². The molecule has 2 N–H and O–H groups in total. The summed E-state index contributed by atoms with van der Waals surface area (Å²) in [5, 5.41) is 0.536. The minimum absolute atomic E-state index is 0.161. The molecule has 1 amide bonds. The Kier molecular flexibility index (Phi) is 4.42. The quantitative estimate of drug-likeness (QED) is 0.554. The van der Waals surface area contributed by atoms with Crippen molar-refractivity contribution in [3.05, 3.63) is 64.9 Å². The Labute approximate surface area is 137 Å². The van der Waals surface area contributed by atoms with Crippen LogP contribution in [0, 0.1) is 0 Å². The molecule has 24 heavy (non-hydrogen) atoms. The standard InChI is InChI=1S/C17H16N4O3/c1-2-21-16(23)13-7-3-4-8-14(13)18-17(21)20-19-15(22)10-9-12-6-5-11-24-12/h3-11H,2H2,1H3,(H,18,20)(H,19,22)/b10-9+. The first-order chi connectivity index (χ1) is 11.7. The number of fused-ring (bicyclic) bond motifs is 1. The van der Waals surface area contributed by atoms with E-state index in [1.165, 1.54) is 23.0 Å². The molecule has 2 heterocycles. The van der Waals surface area contributed by atoms with E-state index in [0.29, 0.717) is 23.2 Å². The maximum Gasteiger partial charge on any atom is 0.262 e. The highest BCUT2D eigenvalue weighted by molar-refractivity contribution is 5.92. The van der Waals surface area contributed by atoms with E-state index in [2.05, 4.69) is 15.8 Å². The first kappa shape index (κ1) is 15.5. The number of carbonyl (C=O) groups excluding carboxylic acids is 1. The Morgan fingerprint density at radius 1 is 1.29 bits per heavy atom. The number of rotatable bonds is 5. The van der Waals surface area contributed by atoms with Crippen molar-refractivity contribution < 1.29 is 9.21 Å². The van der Waals surface area contributed by atoms with Crippen molar-refractivity contribution in [2.45, 2.75) is 13.5 Å². The molecule has 0 aliphatic carbocycles. The van der Waals surface area contributed by atoms with E-state index in [1.54, 1.807) is 36.4 Å². The van der Waals surface area contributed by atoms with Crippen molar-refractivity contribution in [2.24, 2.45) is 0 Å². The molecule has 0 saturated heterocycles. The van der Waals surface area contributed by atoms with Crippen LogP contribution in [0.1, 0.15) is 12.7 Å². The van der Waals surface area contributed by atoms with E-state index in [9.17, 15) is 9.59 Å². The second-order valence-corrected chi connectivity index (χ2v) is 4.96. The van der Waals surface area contributed by atoms with Crippen LogP contribution < -0.4 is 16.4 Å². The summed E-state index contributed by atoms with van der Waals surface area (Å²) in [6.07, 6.45) is 4.38. The number of benzene rings is 1. The maximum absolute atomic E-state index is 12.5. The van der Waals surface area contributed by atoms with Crippen LogP contribution in [-0.2, 0) is 11.3 Å². The third-order valence-corrected chi connectivity index (χ3v) is 3.42. The molecule has 2 aromatic heterocycles. The van der Waals surface area contributed by atoms with Gasteiger partial charge in [0.15, 0.2) is 0 Å². The van der Waals surface area contributed by atoms with Crippen LogP contribution in [0.5, 0.6) is 0 Å². The third-order valence-electron chi connectivity index (χ3n) is 3.42. The summed E-state index contributed by atoms with van der Waals surface area (Å²) in [6, 6.07) is 10.5. The third kappa shape index (κ3) is 3.19. The number of para-hydroxylation sites is 1. The van der Waals surface area contributed by atoms with E-state index in [1.807, 2.05) is 6.92 Å². The van der Waals surface area contributed by atoms with Gasteiger partial charge in [0, 0.05) is 12.6 Å². The topological polar surface area (TPSA) is 89.2 Å². The maximum atomic E-state index is 12.5. The zero-order valence-corrected chi connectivity index (χ0v) is 13.0. The van der Waals surface area contributed by atoms with Crippen molar-refractivity contribution in [3.63, 3.8) is 0 Å². The number of hydrazine groups is 1. The van der Waals surface area contributed by atoms with Crippen LogP contribution in [0.4, 0.5) is 5.95 Å². The fourth-order valence-corrected chi connectivity index (χ4v) is 2.26. The summed E-state index contributed by atoms with van der Waals surface area (Å²) < 4.78 is 6.56. The number of hydrogen-bond acceptors (Lipinski definition) is 5. The van der Waals surface area contributed by atoms with E-state index >= 15 is 0 Å². The van der Waals surface area contributed by atoms with Gasteiger partial charge in [-0.05, 0) is 37.3 Å². The minimum Gasteiger partial charge on any atom is -0.465 e. The van der Waals surface area contributed by atoms with Gasteiger partial charge in [0.05, 0.1) is 17.2 Å². The molecular formula is C17H16N4O3. The highest BCUT2D eigenvalue weighted by atomic mass is 16.3. The molecule has 0 aliphatic rings. The zero-order valence-electron chi connectivity index (χ0n) is 13.0. The number of furan rings is 1. The van der Waals surface area contributed by atoms with E-state index in [4.69, 9.17) is 4.42 Å². The van der Waals surface area contributed by atoms with Gasteiger partial charge in [0.2, 0.25) is 5.95 Å².